The van der Waals surface area contributed by atoms with Crippen molar-refractivity contribution in [2.45, 2.75) is 20.3 Å². The van der Waals surface area contributed by atoms with E-state index < -0.39 is 0 Å². The third kappa shape index (κ3) is 1.50. The average molecular weight is 278 g/mol. The van der Waals surface area contributed by atoms with Crippen molar-refractivity contribution in [3.8, 4) is 5.75 Å². The van der Waals surface area contributed by atoms with Gasteiger partial charge in [-0.2, -0.15) is 0 Å². The molecule has 0 spiro atoms. The monoisotopic (exact) mass is 278 g/mol. The van der Waals surface area contributed by atoms with Crippen LogP contribution >= 0.6 is 0 Å². The topological polar surface area (TPSA) is 65.4 Å². The van der Waals surface area contributed by atoms with E-state index in [0.29, 0.717) is 12.0 Å². The lowest BCUT2D eigenvalue weighted by molar-refractivity contribution is 0.100. The molecular weight excluding hydrogens is 264 g/mol. The molecular formula is C17H14N2O2. The van der Waals surface area contributed by atoms with Gasteiger partial charge in [0.25, 0.3) is 5.91 Å². The van der Waals surface area contributed by atoms with Crippen molar-refractivity contribution >= 4 is 33.9 Å². The van der Waals surface area contributed by atoms with Crippen molar-refractivity contribution in [1.29, 1.82) is 0 Å². The zero-order chi connectivity index (χ0) is 14.7. The molecule has 3 aromatic rings. The molecule has 1 aliphatic heterocycles. The van der Waals surface area contributed by atoms with Crippen molar-refractivity contribution in [2.75, 3.05) is 0 Å². The van der Waals surface area contributed by atoms with Crippen LogP contribution in [-0.2, 0) is 6.42 Å². The molecule has 0 saturated carbocycles. The normalized spacial score (nSPS) is 14.1. The summed E-state index contributed by atoms with van der Waals surface area (Å²) in [5, 5.41) is 11.7. The highest BCUT2D eigenvalue weighted by atomic mass is 16.3. The third-order valence-corrected chi connectivity index (χ3v) is 4.38. The summed E-state index contributed by atoms with van der Waals surface area (Å²) in [7, 11) is 0. The van der Waals surface area contributed by atoms with E-state index in [1.165, 1.54) is 0 Å². The number of aromatic nitrogens is 1. The highest BCUT2D eigenvalue weighted by Gasteiger charge is 2.23. The quantitative estimate of drug-likeness (QED) is 0.661. The van der Waals surface area contributed by atoms with Gasteiger partial charge in [0.1, 0.15) is 5.75 Å². The molecule has 2 heterocycles. The number of nitrogens with zero attached hydrogens (tertiary/aromatic N) is 1. The van der Waals surface area contributed by atoms with Gasteiger partial charge in [-0.15, -0.1) is 0 Å². The number of phenolic OH excluding ortho intramolecular Hbond substituents is 1. The molecule has 1 amide bonds. The standard InChI is InChI=1S/C17H14N2O2/c1-8-11-5-6-18-17(21)15(11)9(2)14-12-7-10(20)3-4-13(12)19-16(8)14/h3-4,6-7,19-20H,5H2,1-2H3. The second-order valence-corrected chi connectivity index (χ2v) is 5.53. The SMILES string of the molecule is Cc1c2c(c(C)c3c1[nH]c1ccc(O)cc13)C(=O)N=CC2. The second kappa shape index (κ2) is 3.95. The number of rotatable bonds is 0. The summed E-state index contributed by atoms with van der Waals surface area (Å²) in [6, 6.07) is 5.26. The maximum atomic E-state index is 12.2. The van der Waals surface area contributed by atoms with Gasteiger partial charge in [-0.25, -0.2) is 4.99 Å². The van der Waals surface area contributed by atoms with E-state index in [1.54, 1.807) is 18.3 Å². The molecule has 2 N–H and O–H groups in total. The van der Waals surface area contributed by atoms with Crippen molar-refractivity contribution in [2.24, 2.45) is 4.99 Å². The Morgan fingerprint density at radius 3 is 2.86 bits per heavy atom. The summed E-state index contributed by atoms with van der Waals surface area (Å²) in [5.74, 6) is 0.0516. The summed E-state index contributed by atoms with van der Waals surface area (Å²) in [4.78, 5) is 19.5. The predicted molar refractivity (Wildman–Crippen MR) is 83.5 cm³/mol. The van der Waals surface area contributed by atoms with Crippen LogP contribution in [0.25, 0.3) is 21.8 Å². The molecule has 0 bridgehead atoms. The van der Waals surface area contributed by atoms with Gasteiger partial charge in [-0.1, -0.05) is 0 Å². The number of hydrogen-bond acceptors (Lipinski definition) is 2. The largest absolute Gasteiger partial charge is 0.508 e. The number of nitrogens with one attached hydrogen (secondary N) is 1. The number of amides is 1. The van der Waals surface area contributed by atoms with Crippen LogP contribution in [0.1, 0.15) is 27.0 Å². The van der Waals surface area contributed by atoms with Crippen molar-refractivity contribution in [3.63, 3.8) is 0 Å². The first kappa shape index (κ1) is 12.1. The number of fused-ring (bicyclic) bond motifs is 4. The number of hydrogen-bond donors (Lipinski definition) is 2. The Hall–Kier alpha value is -2.62. The van der Waals surface area contributed by atoms with Gasteiger partial charge in [-0.05, 0) is 48.7 Å². The van der Waals surface area contributed by atoms with Gasteiger partial charge in [0.15, 0.2) is 0 Å². The number of phenols is 1. The van der Waals surface area contributed by atoms with Crippen molar-refractivity contribution in [1.82, 2.24) is 4.98 Å². The van der Waals surface area contributed by atoms with Gasteiger partial charge in [0, 0.05) is 34.5 Å². The first-order chi connectivity index (χ1) is 10.1. The number of aromatic amines is 1. The molecule has 0 radical (unpaired) electrons. The van der Waals surface area contributed by atoms with Crippen LogP contribution in [0.2, 0.25) is 0 Å². The van der Waals surface area contributed by atoms with Gasteiger partial charge in [-0.3, -0.25) is 4.79 Å². The van der Waals surface area contributed by atoms with Crippen LogP contribution in [0.4, 0.5) is 0 Å². The molecule has 4 heteroatoms. The summed E-state index contributed by atoms with van der Waals surface area (Å²) in [6.07, 6.45) is 2.36. The Balaban J connectivity index is 2.26. The fourth-order valence-corrected chi connectivity index (χ4v) is 3.37. The number of benzene rings is 2. The molecule has 0 fully saturated rings. The molecule has 4 nitrogen and oxygen atoms in total. The zero-order valence-electron chi connectivity index (χ0n) is 11.8. The van der Waals surface area contributed by atoms with Crippen molar-refractivity contribution < 1.29 is 9.90 Å². The van der Waals surface area contributed by atoms with Crippen LogP contribution in [0.15, 0.2) is 23.2 Å². The lowest BCUT2D eigenvalue weighted by atomic mass is 9.89. The summed E-state index contributed by atoms with van der Waals surface area (Å²) in [6.45, 7) is 3.99. The molecule has 104 valence electrons. The first-order valence-electron chi connectivity index (χ1n) is 6.91. The molecule has 1 aromatic heterocycles. The minimum absolute atomic E-state index is 0.173. The summed E-state index contributed by atoms with van der Waals surface area (Å²) >= 11 is 0. The maximum Gasteiger partial charge on any atom is 0.277 e. The predicted octanol–water partition coefficient (Wildman–Crippen LogP) is 3.41. The summed E-state index contributed by atoms with van der Waals surface area (Å²) in [5.41, 5.74) is 5.78. The van der Waals surface area contributed by atoms with E-state index in [4.69, 9.17) is 0 Å². The minimum Gasteiger partial charge on any atom is -0.508 e. The molecule has 1 aliphatic rings. The van der Waals surface area contributed by atoms with Crippen LogP contribution in [0.5, 0.6) is 5.75 Å². The fourth-order valence-electron chi connectivity index (χ4n) is 3.37. The number of H-pyrrole nitrogens is 1. The number of carbonyl (C=O) groups is 1. The second-order valence-electron chi connectivity index (χ2n) is 5.53. The number of aryl methyl sites for hydroxylation is 2. The zero-order valence-corrected chi connectivity index (χ0v) is 11.8. The Morgan fingerprint density at radius 1 is 1.24 bits per heavy atom. The maximum absolute atomic E-state index is 12.2. The number of carbonyl (C=O) groups excluding carboxylic acids is 1. The van der Waals surface area contributed by atoms with Crippen LogP contribution < -0.4 is 0 Å². The average Bonchev–Trinajstić information content (AvgIpc) is 2.83. The Morgan fingerprint density at radius 2 is 2.05 bits per heavy atom. The Kier molecular flexibility index (Phi) is 2.28. The van der Waals surface area contributed by atoms with E-state index in [0.717, 1.165) is 38.5 Å². The molecule has 0 atom stereocenters. The van der Waals surface area contributed by atoms with Crippen LogP contribution in [0, 0.1) is 13.8 Å². The molecule has 2 aromatic carbocycles. The lowest BCUT2D eigenvalue weighted by Gasteiger charge is -2.16. The van der Waals surface area contributed by atoms with Gasteiger partial charge >= 0.3 is 0 Å². The fraction of sp³-hybridized carbons (Fsp3) is 0.176. The molecule has 0 unspecified atom stereocenters. The van der Waals surface area contributed by atoms with E-state index in [2.05, 4.69) is 9.98 Å². The molecule has 0 saturated heterocycles. The Bertz CT molecular complexity index is 964. The first-order valence-corrected chi connectivity index (χ1v) is 6.91. The minimum atomic E-state index is -0.173. The van der Waals surface area contributed by atoms with Crippen LogP contribution in [-0.4, -0.2) is 22.2 Å². The van der Waals surface area contributed by atoms with E-state index in [1.807, 2.05) is 19.9 Å². The molecule has 21 heavy (non-hydrogen) atoms. The number of aliphatic imine (C=N–C) groups is 1. The summed E-state index contributed by atoms with van der Waals surface area (Å²) < 4.78 is 0. The Labute approximate surface area is 121 Å². The van der Waals surface area contributed by atoms with E-state index in [9.17, 15) is 9.90 Å². The third-order valence-electron chi connectivity index (χ3n) is 4.38. The van der Waals surface area contributed by atoms with Gasteiger partial charge in [0.05, 0.1) is 5.52 Å². The molecule has 0 aliphatic carbocycles. The van der Waals surface area contributed by atoms with Crippen molar-refractivity contribution in [3.05, 3.63) is 40.5 Å². The highest BCUT2D eigenvalue weighted by Crippen LogP contribution is 2.37. The van der Waals surface area contributed by atoms with E-state index >= 15 is 0 Å². The molecule has 4 rings (SSSR count). The lowest BCUT2D eigenvalue weighted by Crippen LogP contribution is -2.12. The van der Waals surface area contributed by atoms with Gasteiger partial charge < -0.3 is 10.1 Å². The van der Waals surface area contributed by atoms with E-state index in [-0.39, 0.29) is 11.7 Å². The smallest absolute Gasteiger partial charge is 0.277 e. The van der Waals surface area contributed by atoms with Gasteiger partial charge in [0.2, 0.25) is 0 Å². The number of aromatic hydroxyl groups is 1. The van der Waals surface area contributed by atoms with Crippen LogP contribution in [0.3, 0.4) is 0 Å². The highest BCUT2D eigenvalue weighted by molar-refractivity contribution is 6.16.